The zero-order valence-corrected chi connectivity index (χ0v) is 16.0. The van der Waals surface area contributed by atoms with Crippen LogP contribution in [0.25, 0.3) is 10.8 Å². The molecular weight excluding hydrogens is 362 g/mol. The molecule has 2 aromatic carbocycles. The number of carbonyl (C=O) groups is 2. The van der Waals surface area contributed by atoms with E-state index in [4.69, 9.17) is 4.74 Å². The number of fused-ring (bicyclic) bond motifs is 1. The van der Waals surface area contributed by atoms with Crippen molar-refractivity contribution in [2.45, 2.75) is 20.3 Å². The normalized spacial score (nSPS) is 10.8. The Morgan fingerprint density at radius 3 is 2.70 bits per heavy atom. The molecule has 0 unspecified atom stereocenters. The molecule has 1 aromatic heterocycles. The molecule has 1 heterocycles. The molecule has 140 valence electrons. The van der Waals surface area contributed by atoms with Gasteiger partial charge in [-0.2, -0.15) is 0 Å². The lowest BCUT2D eigenvalue weighted by Crippen LogP contribution is -2.17. The Bertz CT molecular complexity index is 947. The van der Waals surface area contributed by atoms with E-state index >= 15 is 0 Å². The molecular formula is C20H21N3O3S. The van der Waals surface area contributed by atoms with Crippen molar-refractivity contribution in [2.24, 2.45) is 5.92 Å². The summed E-state index contributed by atoms with van der Waals surface area (Å²) in [4.78, 5) is 28.3. The van der Waals surface area contributed by atoms with E-state index in [1.54, 1.807) is 5.38 Å². The van der Waals surface area contributed by atoms with Gasteiger partial charge in [0.15, 0.2) is 5.13 Å². The van der Waals surface area contributed by atoms with Gasteiger partial charge in [-0.15, -0.1) is 11.3 Å². The van der Waals surface area contributed by atoms with E-state index in [0.717, 1.165) is 16.5 Å². The lowest BCUT2D eigenvalue weighted by Gasteiger charge is -2.08. The van der Waals surface area contributed by atoms with Gasteiger partial charge in [0.05, 0.1) is 18.7 Å². The fraction of sp³-hybridized carbons (Fsp3) is 0.250. The van der Waals surface area contributed by atoms with Crippen LogP contribution < -0.4 is 10.6 Å². The molecule has 0 saturated heterocycles. The van der Waals surface area contributed by atoms with Gasteiger partial charge in [0.1, 0.15) is 0 Å². The molecule has 3 rings (SSSR count). The average molecular weight is 383 g/mol. The van der Waals surface area contributed by atoms with Crippen LogP contribution in [0.4, 0.5) is 15.6 Å². The number of anilines is 2. The number of benzene rings is 2. The first kappa shape index (κ1) is 18.8. The third-order valence-corrected chi connectivity index (χ3v) is 4.52. The van der Waals surface area contributed by atoms with Crippen molar-refractivity contribution >= 4 is 44.9 Å². The van der Waals surface area contributed by atoms with Crippen LogP contribution in [-0.4, -0.2) is 23.6 Å². The summed E-state index contributed by atoms with van der Waals surface area (Å²) >= 11 is 1.26. The minimum absolute atomic E-state index is 0.127. The molecule has 0 atom stereocenters. The lowest BCUT2D eigenvalue weighted by atomic mass is 10.1. The molecule has 0 bridgehead atoms. The Balaban J connectivity index is 1.58. The van der Waals surface area contributed by atoms with Crippen molar-refractivity contribution in [1.82, 2.24) is 4.98 Å². The first-order valence-corrected chi connectivity index (χ1v) is 9.55. The summed E-state index contributed by atoms with van der Waals surface area (Å²) < 4.78 is 5.05. The van der Waals surface area contributed by atoms with Crippen molar-refractivity contribution in [3.8, 4) is 0 Å². The highest BCUT2D eigenvalue weighted by atomic mass is 32.1. The number of nitrogens with zero attached hydrogens (tertiary/aromatic N) is 1. The van der Waals surface area contributed by atoms with Crippen LogP contribution in [0.2, 0.25) is 0 Å². The van der Waals surface area contributed by atoms with Crippen molar-refractivity contribution < 1.29 is 14.3 Å². The van der Waals surface area contributed by atoms with Crippen LogP contribution in [0.1, 0.15) is 19.5 Å². The van der Waals surface area contributed by atoms with E-state index in [9.17, 15) is 9.59 Å². The molecule has 6 nitrogen and oxygen atoms in total. The maximum absolute atomic E-state index is 12.4. The number of thiazole rings is 1. The molecule has 0 saturated carbocycles. The molecule has 3 aromatic rings. The Morgan fingerprint density at radius 1 is 1.11 bits per heavy atom. The molecule has 0 aliphatic rings. The highest BCUT2D eigenvalue weighted by molar-refractivity contribution is 7.13. The summed E-state index contributed by atoms with van der Waals surface area (Å²) in [5.41, 5.74) is 1.36. The number of nitrogens with one attached hydrogen (secondary N) is 2. The molecule has 0 aliphatic heterocycles. The Labute approximate surface area is 161 Å². The van der Waals surface area contributed by atoms with Gasteiger partial charge in [0, 0.05) is 16.5 Å². The van der Waals surface area contributed by atoms with Gasteiger partial charge in [-0.3, -0.25) is 10.1 Å². The first-order chi connectivity index (χ1) is 13.0. The molecule has 0 spiro atoms. The zero-order valence-electron chi connectivity index (χ0n) is 15.2. The Hall–Kier alpha value is -2.93. The van der Waals surface area contributed by atoms with Crippen LogP contribution in [-0.2, 0) is 16.0 Å². The summed E-state index contributed by atoms with van der Waals surface area (Å²) in [5.74, 6) is 0.103. The van der Waals surface area contributed by atoms with Gasteiger partial charge >= 0.3 is 6.09 Å². The number of carbonyl (C=O) groups excluding carboxylic acids is 2. The minimum Gasteiger partial charge on any atom is -0.449 e. The fourth-order valence-corrected chi connectivity index (χ4v) is 3.20. The van der Waals surface area contributed by atoms with Crippen LogP contribution in [0.3, 0.4) is 0 Å². The summed E-state index contributed by atoms with van der Waals surface area (Å²) in [6.45, 7) is 4.27. The number of hydrogen-bond donors (Lipinski definition) is 2. The number of amides is 2. The third-order valence-electron chi connectivity index (χ3n) is 3.71. The van der Waals surface area contributed by atoms with Gasteiger partial charge in [-0.25, -0.2) is 9.78 Å². The summed E-state index contributed by atoms with van der Waals surface area (Å²) in [6, 6.07) is 13.7. The smallest absolute Gasteiger partial charge is 0.413 e. The second-order valence-electron chi connectivity index (χ2n) is 6.51. The number of rotatable bonds is 6. The van der Waals surface area contributed by atoms with Crippen molar-refractivity contribution in [3.63, 3.8) is 0 Å². The van der Waals surface area contributed by atoms with Gasteiger partial charge in [-0.1, -0.05) is 50.2 Å². The van der Waals surface area contributed by atoms with Crippen molar-refractivity contribution in [2.75, 3.05) is 17.2 Å². The van der Waals surface area contributed by atoms with E-state index in [1.807, 2.05) is 56.3 Å². The number of ether oxygens (including phenoxy) is 1. The van der Waals surface area contributed by atoms with E-state index in [0.29, 0.717) is 17.4 Å². The largest absolute Gasteiger partial charge is 0.449 e. The topological polar surface area (TPSA) is 80.3 Å². The van der Waals surface area contributed by atoms with E-state index in [2.05, 4.69) is 15.6 Å². The van der Waals surface area contributed by atoms with E-state index in [1.165, 1.54) is 11.3 Å². The summed E-state index contributed by atoms with van der Waals surface area (Å²) in [7, 11) is 0. The summed E-state index contributed by atoms with van der Waals surface area (Å²) in [6.07, 6.45) is -0.410. The summed E-state index contributed by atoms with van der Waals surface area (Å²) in [5, 5.41) is 9.73. The molecule has 2 amide bonds. The first-order valence-electron chi connectivity index (χ1n) is 8.67. The van der Waals surface area contributed by atoms with Gasteiger partial charge in [-0.05, 0) is 17.4 Å². The fourth-order valence-electron chi connectivity index (χ4n) is 2.50. The molecule has 0 radical (unpaired) electrons. The maximum Gasteiger partial charge on any atom is 0.413 e. The Kier molecular flexibility index (Phi) is 6.03. The second-order valence-corrected chi connectivity index (χ2v) is 7.37. The van der Waals surface area contributed by atoms with Crippen molar-refractivity contribution in [1.29, 1.82) is 0 Å². The van der Waals surface area contributed by atoms with Gasteiger partial charge in [0.25, 0.3) is 0 Å². The second kappa shape index (κ2) is 8.64. The maximum atomic E-state index is 12.4. The predicted octanol–water partition coefficient (Wildman–Crippen LogP) is 4.68. The quantitative estimate of drug-likeness (QED) is 0.647. The Morgan fingerprint density at radius 2 is 1.89 bits per heavy atom. The van der Waals surface area contributed by atoms with Crippen LogP contribution in [0, 0.1) is 5.92 Å². The van der Waals surface area contributed by atoms with Crippen molar-refractivity contribution in [3.05, 3.63) is 53.5 Å². The third kappa shape index (κ3) is 5.27. The molecule has 2 N–H and O–H groups in total. The van der Waals surface area contributed by atoms with E-state index in [-0.39, 0.29) is 18.2 Å². The molecule has 0 aliphatic carbocycles. The van der Waals surface area contributed by atoms with Crippen LogP contribution in [0.5, 0.6) is 0 Å². The minimum atomic E-state index is -0.537. The molecule has 27 heavy (non-hydrogen) atoms. The molecule has 0 fully saturated rings. The van der Waals surface area contributed by atoms with Gasteiger partial charge < -0.3 is 10.1 Å². The van der Waals surface area contributed by atoms with Crippen LogP contribution in [0.15, 0.2) is 47.8 Å². The monoisotopic (exact) mass is 383 g/mol. The SMILES string of the molecule is CC(C)COC(=O)Nc1nc(CC(=O)Nc2cccc3ccccc23)cs1. The van der Waals surface area contributed by atoms with E-state index < -0.39 is 6.09 Å². The number of aromatic nitrogens is 1. The van der Waals surface area contributed by atoms with Crippen LogP contribution >= 0.6 is 11.3 Å². The zero-order chi connectivity index (χ0) is 19.2. The highest BCUT2D eigenvalue weighted by Crippen LogP contribution is 2.23. The standard InChI is InChI=1S/C20H21N3O3S/c1-13(2)11-26-20(25)23-19-21-15(12-27-19)10-18(24)22-17-9-5-7-14-6-3-4-8-16(14)17/h3-9,12-13H,10-11H2,1-2H3,(H,22,24)(H,21,23,25). The van der Waals surface area contributed by atoms with Gasteiger partial charge in [0.2, 0.25) is 5.91 Å². The average Bonchev–Trinajstić information content (AvgIpc) is 3.07. The predicted molar refractivity (Wildman–Crippen MR) is 108 cm³/mol. The molecule has 7 heteroatoms. The highest BCUT2D eigenvalue weighted by Gasteiger charge is 2.12. The lowest BCUT2D eigenvalue weighted by molar-refractivity contribution is -0.115. The number of hydrogen-bond acceptors (Lipinski definition) is 5.